The van der Waals surface area contributed by atoms with Gasteiger partial charge in [-0.1, -0.05) is 41.9 Å². The smallest absolute Gasteiger partial charge is 0.252 e. The maximum Gasteiger partial charge on any atom is 0.252 e. The lowest BCUT2D eigenvalue weighted by Crippen LogP contribution is -2.37. The summed E-state index contributed by atoms with van der Waals surface area (Å²) in [6.07, 6.45) is 2.70. The van der Waals surface area contributed by atoms with Crippen LogP contribution in [0.25, 0.3) is 10.9 Å². The van der Waals surface area contributed by atoms with Crippen molar-refractivity contribution in [3.05, 3.63) is 42.1 Å². The van der Waals surface area contributed by atoms with Crippen molar-refractivity contribution in [2.45, 2.75) is 26.3 Å². The van der Waals surface area contributed by atoms with Crippen molar-refractivity contribution >= 4 is 32.7 Å². The molecule has 0 aliphatic rings. The van der Waals surface area contributed by atoms with E-state index in [-0.39, 0.29) is 11.9 Å². The molecule has 1 unspecified atom stereocenters. The van der Waals surface area contributed by atoms with Crippen LogP contribution in [-0.2, 0) is 0 Å². The summed E-state index contributed by atoms with van der Waals surface area (Å²) in [6.45, 7) is 4.31. The number of hydrogen-bond acceptors (Lipinski definition) is 2. The number of pyridine rings is 1. The Labute approximate surface area is 127 Å². The maximum absolute atomic E-state index is 12.4. The van der Waals surface area contributed by atoms with Gasteiger partial charge in [-0.2, -0.15) is 0 Å². The Morgan fingerprint density at radius 3 is 2.80 bits per heavy atom. The Morgan fingerprint density at radius 2 is 2.10 bits per heavy atom. The fourth-order valence-corrected chi connectivity index (χ4v) is 2.72. The number of nitrogens with zero attached hydrogens (tertiary/aromatic N) is 1. The minimum atomic E-state index is -0.0336. The van der Waals surface area contributed by atoms with E-state index >= 15 is 0 Å². The van der Waals surface area contributed by atoms with Crippen molar-refractivity contribution in [3.63, 3.8) is 0 Å². The van der Waals surface area contributed by atoms with Crippen molar-refractivity contribution in [3.8, 4) is 0 Å². The van der Waals surface area contributed by atoms with Crippen LogP contribution in [0.15, 0.2) is 36.5 Å². The van der Waals surface area contributed by atoms with E-state index in [9.17, 15) is 4.79 Å². The Kier molecular flexibility index (Phi) is 5.12. The van der Waals surface area contributed by atoms with Gasteiger partial charge in [0.2, 0.25) is 0 Å². The third kappa shape index (κ3) is 3.57. The van der Waals surface area contributed by atoms with E-state index in [1.807, 2.05) is 30.3 Å². The van der Waals surface area contributed by atoms with Gasteiger partial charge < -0.3 is 5.32 Å². The van der Waals surface area contributed by atoms with Crippen LogP contribution in [0.3, 0.4) is 0 Å². The van der Waals surface area contributed by atoms with Gasteiger partial charge in [-0.25, -0.2) is 0 Å². The van der Waals surface area contributed by atoms with Crippen LogP contribution >= 0.6 is 15.9 Å². The first-order valence-corrected chi connectivity index (χ1v) is 7.94. The van der Waals surface area contributed by atoms with Crippen molar-refractivity contribution in [1.82, 2.24) is 10.3 Å². The second kappa shape index (κ2) is 6.84. The summed E-state index contributed by atoms with van der Waals surface area (Å²) in [5.41, 5.74) is 1.53. The summed E-state index contributed by atoms with van der Waals surface area (Å²) in [7, 11) is 0. The highest BCUT2D eigenvalue weighted by molar-refractivity contribution is 9.09. The molecule has 2 rings (SSSR count). The highest BCUT2D eigenvalue weighted by atomic mass is 79.9. The van der Waals surface area contributed by atoms with Crippen molar-refractivity contribution in [2.75, 3.05) is 5.33 Å². The summed E-state index contributed by atoms with van der Waals surface area (Å²) in [6, 6.07) is 9.57. The third-order valence-corrected chi connectivity index (χ3v) is 3.95. The van der Waals surface area contributed by atoms with Crippen LogP contribution in [0.1, 0.15) is 30.6 Å². The van der Waals surface area contributed by atoms with Crippen LogP contribution in [-0.4, -0.2) is 22.3 Å². The number of hydrogen-bond donors (Lipinski definition) is 1. The van der Waals surface area contributed by atoms with E-state index in [4.69, 9.17) is 0 Å². The summed E-state index contributed by atoms with van der Waals surface area (Å²) in [4.78, 5) is 16.7. The van der Waals surface area contributed by atoms with Gasteiger partial charge in [-0.05, 0) is 30.5 Å². The minimum Gasteiger partial charge on any atom is -0.348 e. The van der Waals surface area contributed by atoms with Gasteiger partial charge in [0.1, 0.15) is 0 Å². The molecule has 0 spiro atoms. The lowest BCUT2D eigenvalue weighted by molar-refractivity contribution is 0.0939. The summed E-state index contributed by atoms with van der Waals surface area (Å²) in [5.74, 6) is 0.515. The average molecular weight is 335 g/mol. The van der Waals surface area contributed by atoms with Crippen LogP contribution < -0.4 is 5.32 Å². The first kappa shape index (κ1) is 15.0. The van der Waals surface area contributed by atoms with Gasteiger partial charge >= 0.3 is 0 Å². The number of carbonyl (C=O) groups excluding carboxylic acids is 1. The number of alkyl halides is 1. The molecule has 1 aromatic carbocycles. The molecule has 1 aromatic heterocycles. The molecule has 1 heterocycles. The van der Waals surface area contributed by atoms with Crippen molar-refractivity contribution < 1.29 is 4.79 Å². The first-order valence-electron chi connectivity index (χ1n) is 6.82. The quantitative estimate of drug-likeness (QED) is 0.845. The van der Waals surface area contributed by atoms with E-state index in [1.54, 1.807) is 6.20 Å². The zero-order valence-corrected chi connectivity index (χ0v) is 13.4. The van der Waals surface area contributed by atoms with Crippen LogP contribution in [0.5, 0.6) is 0 Å². The Morgan fingerprint density at radius 1 is 1.30 bits per heavy atom. The second-order valence-electron chi connectivity index (χ2n) is 5.33. The van der Waals surface area contributed by atoms with Crippen molar-refractivity contribution in [2.24, 2.45) is 5.92 Å². The van der Waals surface area contributed by atoms with Gasteiger partial charge in [0.25, 0.3) is 5.91 Å². The molecule has 0 aliphatic carbocycles. The lowest BCUT2D eigenvalue weighted by Gasteiger charge is -2.18. The Bertz CT molecular complexity index is 593. The van der Waals surface area contributed by atoms with Crippen LogP contribution in [0.2, 0.25) is 0 Å². The zero-order chi connectivity index (χ0) is 14.5. The first-order chi connectivity index (χ1) is 9.61. The van der Waals surface area contributed by atoms with Gasteiger partial charge in [0.15, 0.2) is 0 Å². The van der Waals surface area contributed by atoms with Gasteiger partial charge in [0, 0.05) is 28.5 Å². The van der Waals surface area contributed by atoms with Gasteiger partial charge in [-0.3, -0.25) is 9.78 Å². The second-order valence-corrected chi connectivity index (χ2v) is 5.98. The number of amides is 1. The number of rotatable bonds is 5. The number of aromatic nitrogens is 1. The molecule has 3 nitrogen and oxygen atoms in total. The number of carbonyl (C=O) groups is 1. The molecule has 0 saturated heterocycles. The molecule has 0 bridgehead atoms. The largest absolute Gasteiger partial charge is 0.348 e. The minimum absolute atomic E-state index is 0.0336. The highest BCUT2D eigenvalue weighted by Gasteiger charge is 2.16. The number of nitrogens with one attached hydrogen (secondary N) is 1. The SMILES string of the molecule is CC(C)CC(CBr)NC(=O)c1cccc2ncccc12. The molecule has 20 heavy (non-hydrogen) atoms. The van der Waals surface area contributed by atoms with E-state index < -0.39 is 0 Å². The summed E-state index contributed by atoms with van der Waals surface area (Å²) < 4.78 is 0. The van der Waals surface area contributed by atoms with E-state index in [1.165, 1.54) is 0 Å². The monoisotopic (exact) mass is 334 g/mol. The summed E-state index contributed by atoms with van der Waals surface area (Å²) in [5, 5.41) is 4.75. The number of halogens is 1. The molecule has 106 valence electrons. The molecular weight excluding hydrogens is 316 g/mol. The molecule has 4 heteroatoms. The normalized spacial score (nSPS) is 12.6. The molecule has 1 atom stereocenters. The fourth-order valence-electron chi connectivity index (χ4n) is 2.29. The Hall–Kier alpha value is -1.42. The molecule has 0 saturated carbocycles. The van der Waals surface area contributed by atoms with Gasteiger partial charge in [-0.15, -0.1) is 0 Å². The Balaban J connectivity index is 2.23. The zero-order valence-electron chi connectivity index (χ0n) is 11.8. The molecule has 1 amide bonds. The van der Waals surface area contributed by atoms with E-state index in [0.29, 0.717) is 11.5 Å². The van der Waals surface area contributed by atoms with Crippen LogP contribution in [0.4, 0.5) is 0 Å². The maximum atomic E-state index is 12.4. The number of benzene rings is 1. The predicted octanol–water partition coefficient (Wildman–Crippen LogP) is 3.77. The molecule has 0 radical (unpaired) electrons. The molecule has 0 fully saturated rings. The third-order valence-electron chi connectivity index (χ3n) is 3.17. The molecular formula is C16H19BrN2O. The van der Waals surface area contributed by atoms with Crippen LogP contribution in [0, 0.1) is 5.92 Å². The van der Waals surface area contributed by atoms with E-state index in [0.717, 1.165) is 22.7 Å². The predicted molar refractivity (Wildman–Crippen MR) is 86.2 cm³/mol. The van der Waals surface area contributed by atoms with Gasteiger partial charge in [0.05, 0.1) is 5.52 Å². The topological polar surface area (TPSA) is 42.0 Å². The van der Waals surface area contributed by atoms with E-state index in [2.05, 4.69) is 40.1 Å². The summed E-state index contributed by atoms with van der Waals surface area (Å²) >= 11 is 3.47. The molecule has 2 aromatic rings. The standard InChI is InChI=1S/C16H19BrN2O/c1-11(2)9-12(10-17)19-16(20)14-5-3-7-15-13(14)6-4-8-18-15/h3-8,11-12H,9-10H2,1-2H3,(H,19,20). The molecule has 0 aliphatic heterocycles. The lowest BCUT2D eigenvalue weighted by atomic mass is 10.0. The molecule has 1 N–H and O–H groups in total. The highest BCUT2D eigenvalue weighted by Crippen LogP contribution is 2.17. The van der Waals surface area contributed by atoms with Crippen molar-refractivity contribution in [1.29, 1.82) is 0 Å². The number of fused-ring (bicyclic) bond motifs is 1. The fraction of sp³-hybridized carbons (Fsp3) is 0.375. The average Bonchev–Trinajstić information content (AvgIpc) is 2.45.